The highest BCUT2D eigenvalue weighted by atomic mass is 16.4. The molecule has 55 heavy (non-hydrogen) atoms. The van der Waals surface area contributed by atoms with Crippen molar-refractivity contribution in [2.45, 2.75) is 165 Å². The van der Waals surface area contributed by atoms with Gasteiger partial charge in [-0.1, -0.05) is 64.2 Å². The lowest BCUT2D eigenvalue weighted by Gasteiger charge is -2.18. The number of carboxylic acids is 5. The molecule has 19 nitrogen and oxygen atoms in total. The zero-order chi connectivity index (χ0) is 41.6. The van der Waals surface area contributed by atoms with Crippen molar-refractivity contribution in [3.63, 3.8) is 0 Å². The van der Waals surface area contributed by atoms with Gasteiger partial charge in [-0.05, 0) is 38.5 Å². The molecule has 0 heterocycles. The Hall–Kier alpha value is -5.10. The van der Waals surface area contributed by atoms with Gasteiger partial charge in [0, 0.05) is 38.5 Å². The van der Waals surface area contributed by atoms with Crippen LogP contribution in [0.5, 0.6) is 0 Å². The average Bonchev–Trinajstić information content (AvgIpc) is 3.11. The van der Waals surface area contributed by atoms with Gasteiger partial charge in [0.15, 0.2) is 0 Å². The van der Waals surface area contributed by atoms with E-state index in [1.54, 1.807) is 0 Å². The number of nitrogens with one attached hydrogen (secondary N) is 4. The maximum absolute atomic E-state index is 12.5. The molecule has 0 aromatic carbocycles. The summed E-state index contributed by atoms with van der Waals surface area (Å²) >= 11 is 0. The second-order valence-electron chi connectivity index (χ2n) is 13.3. The van der Waals surface area contributed by atoms with Crippen molar-refractivity contribution in [2.24, 2.45) is 0 Å². The standard InChI is InChI=1S/C36H58N4O15/c41-23-13-14-24(33(48)49)37-29(43)20-18-26(35(52)53)39-31(45)22-19-27(36(54)55)40-30(44)21-17-25(34(50)51)38-28(42)15-11-9-7-5-3-1-2-4-6-8-10-12-16-32(46)47/h23-27H,1-22H2,(H,37,43)(H,38,42)(H,39,45)(H,40,44)(H,46,47)(H,48,49)(H,50,51)(H,52,53)(H,54,55)/t24-,25-,26-,27-/m0/s1. The van der Waals surface area contributed by atoms with E-state index in [9.17, 15) is 63.3 Å². The molecule has 4 atom stereocenters. The first kappa shape index (κ1) is 49.9. The second kappa shape index (κ2) is 30.3. The van der Waals surface area contributed by atoms with Crippen LogP contribution < -0.4 is 21.3 Å². The summed E-state index contributed by atoms with van der Waals surface area (Å²) < 4.78 is 0. The molecular weight excluding hydrogens is 728 g/mol. The van der Waals surface area contributed by atoms with Crippen molar-refractivity contribution >= 4 is 59.8 Å². The van der Waals surface area contributed by atoms with Gasteiger partial charge in [0.25, 0.3) is 0 Å². The van der Waals surface area contributed by atoms with Crippen LogP contribution in [0.3, 0.4) is 0 Å². The molecule has 0 saturated carbocycles. The normalized spacial score (nSPS) is 12.9. The summed E-state index contributed by atoms with van der Waals surface area (Å²) in [5.74, 6) is -9.65. The van der Waals surface area contributed by atoms with Gasteiger partial charge in [-0.25, -0.2) is 19.2 Å². The molecular formula is C36H58N4O15. The van der Waals surface area contributed by atoms with E-state index < -0.39 is 110 Å². The fraction of sp³-hybridized carbons (Fsp3) is 0.722. The monoisotopic (exact) mass is 786 g/mol. The summed E-state index contributed by atoms with van der Waals surface area (Å²) in [6, 6.07) is -5.94. The summed E-state index contributed by atoms with van der Waals surface area (Å²) in [5, 5.41) is 55.1. The Bertz CT molecular complexity index is 1280. The predicted molar refractivity (Wildman–Crippen MR) is 194 cm³/mol. The topological polar surface area (TPSA) is 320 Å². The molecule has 312 valence electrons. The average molecular weight is 787 g/mol. The van der Waals surface area contributed by atoms with E-state index in [1.165, 1.54) is 0 Å². The first-order valence-corrected chi connectivity index (χ1v) is 18.8. The molecule has 9 N–H and O–H groups in total. The summed E-state index contributed by atoms with van der Waals surface area (Å²) in [4.78, 5) is 117. The van der Waals surface area contributed by atoms with Crippen molar-refractivity contribution in [1.82, 2.24) is 21.3 Å². The highest BCUT2D eigenvalue weighted by Gasteiger charge is 2.27. The minimum atomic E-state index is -1.59. The number of hydrogen-bond donors (Lipinski definition) is 9. The number of hydrogen-bond acceptors (Lipinski definition) is 10. The van der Waals surface area contributed by atoms with E-state index in [1.807, 2.05) is 0 Å². The Morgan fingerprint density at radius 3 is 0.891 bits per heavy atom. The van der Waals surface area contributed by atoms with Gasteiger partial charge in [0.05, 0.1) is 0 Å². The zero-order valence-corrected chi connectivity index (χ0v) is 31.3. The fourth-order valence-corrected chi connectivity index (χ4v) is 5.49. The minimum absolute atomic E-state index is 0.102. The number of carbonyl (C=O) groups excluding carboxylic acids is 5. The number of unbranched alkanes of at least 4 members (excludes halogenated alkanes) is 11. The molecule has 0 saturated heterocycles. The summed E-state index contributed by atoms with van der Waals surface area (Å²) in [7, 11) is 0. The van der Waals surface area contributed by atoms with E-state index in [-0.39, 0.29) is 32.1 Å². The van der Waals surface area contributed by atoms with Gasteiger partial charge >= 0.3 is 29.8 Å². The Balaban J connectivity index is 4.51. The summed E-state index contributed by atoms with van der Waals surface area (Å²) in [6.45, 7) is 0. The van der Waals surface area contributed by atoms with Gasteiger partial charge < -0.3 is 51.6 Å². The Labute approximate surface area is 319 Å². The number of amides is 4. The SMILES string of the molecule is O=CCC[C@H](NC(=O)CC[C@H](NC(=O)CC[C@H](NC(=O)CC[C@H](NC(=O)CCCCCCCCCCCCCCC(=O)O)C(=O)O)C(=O)O)C(=O)O)C(=O)O. The van der Waals surface area contributed by atoms with E-state index in [2.05, 4.69) is 21.3 Å². The maximum Gasteiger partial charge on any atom is 0.326 e. The van der Waals surface area contributed by atoms with E-state index in [4.69, 9.17) is 10.2 Å². The van der Waals surface area contributed by atoms with Gasteiger partial charge in [-0.15, -0.1) is 0 Å². The number of carbonyl (C=O) groups is 10. The third kappa shape index (κ3) is 27.2. The molecule has 0 rings (SSSR count). The van der Waals surface area contributed by atoms with Gasteiger partial charge in [0.2, 0.25) is 23.6 Å². The first-order valence-electron chi connectivity index (χ1n) is 18.8. The molecule has 0 aromatic heterocycles. The van der Waals surface area contributed by atoms with Crippen molar-refractivity contribution < 1.29 is 73.5 Å². The van der Waals surface area contributed by atoms with Gasteiger partial charge in [-0.2, -0.15) is 0 Å². The smallest absolute Gasteiger partial charge is 0.326 e. The van der Waals surface area contributed by atoms with Crippen molar-refractivity contribution in [3.8, 4) is 0 Å². The van der Waals surface area contributed by atoms with Crippen LogP contribution in [-0.4, -0.2) is 109 Å². The third-order valence-electron chi connectivity index (χ3n) is 8.63. The summed E-state index contributed by atoms with van der Waals surface area (Å²) in [6.07, 6.45) is 9.26. The van der Waals surface area contributed by atoms with E-state index in [0.29, 0.717) is 19.1 Å². The quantitative estimate of drug-likeness (QED) is 0.0328. The maximum atomic E-state index is 12.5. The lowest BCUT2D eigenvalue weighted by molar-refractivity contribution is -0.144. The molecule has 0 fully saturated rings. The fourth-order valence-electron chi connectivity index (χ4n) is 5.49. The lowest BCUT2D eigenvalue weighted by Crippen LogP contribution is -2.45. The van der Waals surface area contributed by atoms with Crippen LogP contribution in [-0.2, 0) is 47.9 Å². The Morgan fingerprint density at radius 2 is 0.618 bits per heavy atom. The summed E-state index contributed by atoms with van der Waals surface area (Å²) in [5.41, 5.74) is 0. The molecule has 0 bridgehead atoms. The third-order valence-corrected chi connectivity index (χ3v) is 8.63. The molecule has 0 radical (unpaired) electrons. The van der Waals surface area contributed by atoms with Crippen LogP contribution in [0.15, 0.2) is 0 Å². The number of aldehydes is 1. The first-order chi connectivity index (χ1) is 26.1. The zero-order valence-electron chi connectivity index (χ0n) is 31.3. The largest absolute Gasteiger partial charge is 0.481 e. The molecule has 0 aliphatic rings. The molecule has 0 unspecified atom stereocenters. The number of carboxylic acid groups (broad SMARTS) is 5. The van der Waals surface area contributed by atoms with Crippen molar-refractivity contribution in [3.05, 3.63) is 0 Å². The van der Waals surface area contributed by atoms with E-state index in [0.717, 1.165) is 64.2 Å². The van der Waals surface area contributed by atoms with Crippen LogP contribution in [0, 0.1) is 0 Å². The van der Waals surface area contributed by atoms with Gasteiger partial charge in [0.1, 0.15) is 30.5 Å². The minimum Gasteiger partial charge on any atom is -0.481 e. The van der Waals surface area contributed by atoms with Crippen LogP contribution >= 0.6 is 0 Å². The molecule has 0 aromatic rings. The molecule has 0 aliphatic heterocycles. The Morgan fingerprint density at radius 1 is 0.364 bits per heavy atom. The Kier molecular flexibility index (Phi) is 27.4. The predicted octanol–water partition coefficient (Wildman–Crippen LogP) is 2.13. The van der Waals surface area contributed by atoms with Crippen LogP contribution in [0.25, 0.3) is 0 Å². The van der Waals surface area contributed by atoms with Crippen LogP contribution in [0.4, 0.5) is 0 Å². The molecule has 0 aliphatic carbocycles. The van der Waals surface area contributed by atoms with Crippen LogP contribution in [0.2, 0.25) is 0 Å². The van der Waals surface area contributed by atoms with Crippen LogP contribution in [0.1, 0.15) is 141 Å². The molecule has 0 spiro atoms. The second-order valence-corrected chi connectivity index (χ2v) is 13.3. The lowest BCUT2D eigenvalue weighted by atomic mass is 10.0. The van der Waals surface area contributed by atoms with Crippen molar-refractivity contribution in [1.29, 1.82) is 0 Å². The highest BCUT2D eigenvalue weighted by molar-refractivity contribution is 5.88. The van der Waals surface area contributed by atoms with Gasteiger partial charge in [-0.3, -0.25) is 24.0 Å². The number of rotatable bonds is 35. The van der Waals surface area contributed by atoms with Crippen molar-refractivity contribution in [2.75, 3.05) is 0 Å². The molecule has 19 heteroatoms. The highest BCUT2D eigenvalue weighted by Crippen LogP contribution is 2.13. The van der Waals surface area contributed by atoms with E-state index >= 15 is 0 Å². The molecule has 4 amide bonds. The number of aliphatic carboxylic acids is 5.